The summed E-state index contributed by atoms with van der Waals surface area (Å²) in [6.07, 6.45) is -2.95. The van der Waals surface area contributed by atoms with Crippen LogP contribution in [0, 0.1) is 11.8 Å². The minimum absolute atomic E-state index is 0.0278. The minimum Gasteiger partial charge on any atom is -0.481 e. The molecule has 0 unspecified atom stereocenters. The Kier molecular flexibility index (Phi) is 17.7. The highest BCUT2D eigenvalue weighted by Crippen LogP contribution is 2.16. The topological polar surface area (TPSA) is 212 Å². The van der Waals surface area contributed by atoms with Gasteiger partial charge in [-0.15, -0.1) is 0 Å². The highest BCUT2D eigenvalue weighted by atomic mass is 16.5. The second-order valence-corrected chi connectivity index (χ2v) is 9.81. The fourth-order valence-corrected chi connectivity index (χ4v) is 3.98. The molecule has 0 bridgehead atoms. The lowest BCUT2D eigenvalue weighted by Crippen LogP contribution is -2.46. The van der Waals surface area contributed by atoms with Crippen molar-refractivity contribution >= 4 is 41.3 Å². The predicted molar refractivity (Wildman–Crippen MR) is 150 cm³/mol. The van der Waals surface area contributed by atoms with Crippen LogP contribution in [0.5, 0.6) is 0 Å². The zero-order valence-electron chi connectivity index (χ0n) is 24.4. The summed E-state index contributed by atoms with van der Waals surface area (Å²) in [5.74, 6) is -8.77. The van der Waals surface area contributed by atoms with E-state index in [0.717, 1.165) is 5.56 Å². The Bertz CT molecular complexity index is 1080. The molecule has 0 fully saturated rings. The fraction of sp³-hybridized carbons (Fsp3) is 0.552. The second kappa shape index (κ2) is 20.7. The van der Waals surface area contributed by atoms with Crippen LogP contribution >= 0.6 is 0 Å². The van der Waals surface area contributed by atoms with Crippen molar-refractivity contribution in [3.63, 3.8) is 0 Å². The molecule has 0 aliphatic carbocycles. The molecular weight excluding hydrogens is 568 g/mol. The van der Waals surface area contributed by atoms with Crippen LogP contribution in [0.4, 0.5) is 0 Å². The summed E-state index contributed by atoms with van der Waals surface area (Å²) in [4.78, 5) is 85.7. The molecule has 0 aromatic heterocycles. The zero-order chi connectivity index (χ0) is 32.2. The van der Waals surface area contributed by atoms with Crippen molar-refractivity contribution in [3.05, 3.63) is 35.9 Å². The monoisotopic (exact) mass is 608 g/mol. The molecule has 4 N–H and O–H groups in total. The lowest BCUT2D eigenvalue weighted by Gasteiger charge is -2.23. The van der Waals surface area contributed by atoms with E-state index in [1.165, 1.54) is 14.0 Å². The lowest BCUT2D eigenvalue weighted by molar-refractivity contribution is -0.145. The Morgan fingerprint density at radius 3 is 2.02 bits per heavy atom. The Labute approximate surface area is 249 Å². The number of Topliss-reactive ketones (excluding diaryl/α,β-unsaturated/α-hetero) is 2. The van der Waals surface area contributed by atoms with Crippen molar-refractivity contribution in [2.45, 2.75) is 58.1 Å². The molecule has 43 heavy (non-hydrogen) atoms. The van der Waals surface area contributed by atoms with E-state index in [4.69, 9.17) is 14.2 Å². The number of ketones is 2. The van der Waals surface area contributed by atoms with Crippen molar-refractivity contribution in [1.82, 2.24) is 10.6 Å². The van der Waals surface area contributed by atoms with Gasteiger partial charge in [0.25, 0.3) is 0 Å². The molecule has 0 saturated heterocycles. The summed E-state index contributed by atoms with van der Waals surface area (Å²) in [7, 11) is 1.50. The van der Waals surface area contributed by atoms with Crippen molar-refractivity contribution in [1.29, 1.82) is 0 Å². The molecule has 0 saturated carbocycles. The van der Waals surface area contributed by atoms with Crippen LogP contribution in [-0.2, 0) is 54.4 Å². The zero-order valence-corrected chi connectivity index (χ0v) is 24.4. The number of nitrogens with one attached hydrogen (secondary N) is 2. The Morgan fingerprint density at radius 1 is 0.814 bits per heavy atom. The van der Waals surface area contributed by atoms with Gasteiger partial charge < -0.3 is 39.9 Å². The first-order valence-corrected chi connectivity index (χ1v) is 13.7. The normalized spacial score (nSPS) is 12.8. The van der Waals surface area contributed by atoms with Gasteiger partial charge in [0.1, 0.15) is 12.4 Å². The first-order chi connectivity index (χ1) is 20.4. The van der Waals surface area contributed by atoms with Gasteiger partial charge in [-0.05, 0) is 18.9 Å². The maximum atomic E-state index is 13.3. The van der Waals surface area contributed by atoms with Crippen molar-refractivity contribution in [2.24, 2.45) is 11.8 Å². The molecule has 14 nitrogen and oxygen atoms in total. The van der Waals surface area contributed by atoms with Crippen LogP contribution in [0.15, 0.2) is 30.3 Å². The van der Waals surface area contributed by atoms with Crippen LogP contribution in [-0.4, -0.2) is 91.0 Å². The molecular formula is C29H40N2O12. The second-order valence-electron chi connectivity index (χ2n) is 9.81. The van der Waals surface area contributed by atoms with E-state index < -0.39 is 84.8 Å². The molecule has 0 heterocycles. The Hall–Kier alpha value is -4.17. The molecule has 1 rings (SSSR count). The van der Waals surface area contributed by atoms with E-state index in [-0.39, 0.29) is 39.2 Å². The predicted octanol–water partition coefficient (Wildman–Crippen LogP) is 0.894. The quantitative estimate of drug-likeness (QED) is 0.101. The molecule has 0 radical (unpaired) electrons. The Morgan fingerprint density at radius 2 is 1.44 bits per heavy atom. The third-order valence-corrected chi connectivity index (χ3v) is 6.13. The molecule has 0 aliphatic rings. The van der Waals surface area contributed by atoms with Gasteiger partial charge in [-0.3, -0.25) is 28.8 Å². The number of amides is 2. The van der Waals surface area contributed by atoms with Gasteiger partial charge in [-0.1, -0.05) is 30.3 Å². The number of carbonyl (C=O) groups is 7. The fourth-order valence-electron chi connectivity index (χ4n) is 3.98. The summed E-state index contributed by atoms with van der Waals surface area (Å²) in [6, 6.07) is 7.43. The standard InChI is InChI=1S/C29H40N2O12/c1-19(32)14-21(16-25(34)35)29(40)31-23(8-9-27(38)43-18-20-6-4-3-5-7-20)24(33)15-22(17-26(36)37)28(39)30-10-11-42-13-12-41-2/h3-7,21-23H,8-18H2,1-2H3,(H,30,39)(H,31,40)(H,34,35)(H,36,37)/t21-,22-,23+/m0/s1. The summed E-state index contributed by atoms with van der Waals surface area (Å²) < 4.78 is 15.3. The molecule has 1 aromatic carbocycles. The smallest absolute Gasteiger partial charge is 0.306 e. The van der Waals surface area contributed by atoms with E-state index in [1.807, 2.05) is 0 Å². The number of ether oxygens (including phenoxy) is 3. The Balaban J connectivity index is 3.00. The van der Waals surface area contributed by atoms with Crippen LogP contribution in [0.1, 0.15) is 51.0 Å². The van der Waals surface area contributed by atoms with Crippen molar-refractivity contribution < 1.29 is 58.0 Å². The first-order valence-electron chi connectivity index (χ1n) is 13.7. The van der Waals surface area contributed by atoms with E-state index in [0.29, 0.717) is 6.61 Å². The summed E-state index contributed by atoms with van der Waals surface area (Å²) in [5.41, 5.74) is 0.726. The van der Waals surface area contributed by atoms with Gasteiger partial charge in [-0.25, -0.2) is 0 Å². The van der Waals surface area contributed by atoms with Gasteiger partial charge in [-0.2, -0.15) is 0 Å². The maximum absolute atomic E-state index is 13.3. The average molecular weight is 609 g/mol. The molecule has 14 heteroatoms. The van der Waals surface area contributed by atoms with Crippen LogP contribution in [0.25, 0.3) is 0 Å². The molecule has 2 amide bonds. The molecule has 0 aliphatic heterocycles. The number of benzene rings is 1. The number of methoxy groups -OCH3 is 1. The van der Waals surface area contributed by atoms with E-state index >= 15 is 0 Å². The van der Waals surface area contributed by atoms with E-state index in [2.05, 4.69) is 10.6 Å². The van der Waals surface area contributed by atoms with Crippen molar-refractivity contribution in [3.8, 4) is 0 Å². The third-order valence-electron chi connectivity index (χ3n) is 6.13. The molecule has 1 aromatic rings. The maximum Gasteiger partial charge on any atom is 0.306 e. The number of carboxylic acids is 2. The molecule has 0 spiro atoms. The molecule has 3 atom stereocenters. The van der Waals surface area contributed by atoms with Gasteiger partial charge in [0, 0.05) is 32.9 Å². The van der Waals surface area contributed by atoms with Gasteiger partial charge >= 0.3 is 17.9 Å². The largest absolute Gasteiger partial charge is 0.481 e. The van der Waals surface area contributed by atoms with Crippen LogP contribution < -0.4 is 10.6 Å². The van der Waals surface area contributed by atoms with Gasteiger partial charge in [0.2, 0.25) is 11.8 Å². The van der Waals surface area contributed by atoms with Crippen molar-refractivity contribution in [2.75, 3.05) is 33.5 Å². The summed E-state index contributed by atoms with van der Waals surface area (Å²) in [5, 5.41) is 23.4. The number of carboxylic acid groups (broad SMARTS) is 2. The number of carbonyl (C=O) groups excluding carboxylic acids is 5. The number of hydrogen-bond acceptors (Lipinski definition) is 10. The minimum atomic E-state index is -1.39. The highest BCUT2D eigenvalue weighted by molar-refractivity contribution is 5.95. The van der Waals surface area contributed by atoms with Gasteiger partial charge in [0.05, 0.1) is 50.5 Å². The van der Waals surface area contributed by atoms with E-state index in [9.17, 15) is 43.8 Å². The summed E-state index contributed by atoms with van der Waals surface area (Å²) >= 11 is 0. The van der Waals surface area contributed by atoms with Crippen LogP contribution in [0.2, 0.25) is 0 Å². The number of hydrogen-bond donors (Lipinski definition) is 4. The SMILES string of the molecule is COCCOCCNC(=O)[C@H](CC(=O)O)CC(=O)[C@@H](CCC(=O)OCc1ccccc1)NC(=O)[C@@H](CC(C)=O)CC(=O)O. The first kappa shape index (κ1) is 36.9. The number of esters is 1. The summed E-state index contributed by atoms with van der Waals surface area (Å²) in [6.45, 7) is 1.95. The molecule has 238 valence electrons. The van der Waals surface area contributed by atoms with Gasteiger partial charge in [0.15, 0.2) is 5.78 Å². The number of rotatable bonds is 23. The lowest BCUT2D eigenvalue weighted by atomic mass is 9.92. The highest BCUT2D eigenvalue weighted by Gasteiger charge is 2.32. The third kappa shape index (κ3) is 16.8. The number of aliphatic carboxylic acids is 2. The average Bonchev–Trinajstić information content (AvgIpc) is 2.94. The van der Waals surface area contributed by atoms with Crippen LogP contribution in [0.3, 0.4) is 0 Å². The van der Waals surface area contributed by atoms with E-state index in [1.54, 1.807) is 30.3 Å².